The molecule has 0 fully saturated rings. The number of Topliss-reactive ketones (excluding diaryl/α,β-unsaturated/α-hetero) is 1. The highest BCUT2D eigenvalue weighted by atomic mass is 35.5. The van der Waals surface area contributed by atoms with Crippen molar-refractivity contribution in [3.63, 3.8) is 0 Å². The summed E-state index contributed by atoms with van der Waals surface area (Å²) < 4.78 is 5.82. The third-order valence-corrected chi connectivity index (χ3v) is 5.90. The van der Waals surface area contributed by atoms with Crippen LogP contribution in [0.4, 0.5) is 0 Å². The van der Waals surface area contributed by atoms with Gasteiger partial charge in [0.05, 0.1) is 5.57 Å². The molecule has 0 N–H and O–H groups in total. The van der Waals surface area contributed by atoms with Crippen molar-refractivity contribution >= 4 is 28.9 Å². The Morgan fingerprint density at radius 3 is 2.26 bits per heavy atom. The predicted molar refractivity (Wildman–Crippen MR) is 127 cm³/mol. The van der Waals surface area contributed by atoms with Crippen LogP contribution >= 0.6 is 11.6 Å². The van der Waals surface area contributed by atoms with Crippen molar-refractivity contribution in [1.29, 1.82) is 0 Å². The Kier molecular flexibility index (Phi) is 6.76. The Morgan fingerprint density at radius 2 is 1.65 bits per heavy atom. The number of halogens is 1. The minimum absolute atomic E-state index is 0.0256. The van der Waals surface area contributed by atoms with E-state index in [1.807, 2.05) is 58.9 Å². The smallest absolute Gasteiger partial charge is 0.311 e. The van der Waals surface area contributed by atoms with E-state index in [9.17, 15) is 9.59 Å². The molecule has 0 aliphatic heterocycles. The van der Waals surface area contributed by atoms with E-state index >= 15 is 0 Å². The third-order valence-electron chi connectivity index (χ3n) is 5.64. The lowest BCUT2D eigenvalue weighted by Gasteiger charge is -2.32. The van der Waals surface area contributed by atoms with Crippen molar-refractivity contribution < 1.29 is 14.3 Å². The monoisotopic (exact) mass is 438 g/mol. The standard InChI is InChI=1S/C27H31ClO3/c1-16(2)11-25(30)31-24-15-27(5,6)14-23(29)26(24)22-13-21(17(3)12-18(22)4)19-7-9-20(28)10-8-19/h7-10,12-13,16H,11,14-15H2,1-6H3. The summed E-state index contributed by atoms with van der Waals surface area (Å²) in [6.45, 7) is 12.1. The highest BCUT2D eigenvalue weighted by Gasteiger charge is 2.36. The first kappa shape index (κ1) is 23.3. The van der Waals surface area contributed by atoms with Crippen LogP contribution in [0.5, 0.6) is 0 Å². The van der Waals surface area contributed by atoms with E-state index in [0.717, 1.165) is 27.8 Å². The van der Waals surface area contributed by atoms with Crippen molar-refractivity contribution in [3.8, 4) is 11.1 Å². The first-order valence-electron chi connectivity index (χ1n) is 10.8. The van der Waals surface area contributed by atoms with E-state index in [2.05, 4.69) is 19.1 Å². The average molecular weight is 439 g/mol. The van der Waals surface area contributed by atoms with Gasteiger partial charge in [0, 0.05) is 24.3 Å². The second-order valence-electron chi connectivity index (χ2n) is 9.80. The molecule has 0 aromatic heterocycles. The Morgan fingerprint density at radius 1 is 1.03 bits per heavy atom. The maximum Gasteiger partial charge on any atom is 0.311 e. The lowest BCUT2D eigenvalue weighted by molar-refractivity contribution is -0.141. The SMILES string of the molecule is Cc1cc(C)c(-c2ccc(Cl)cc2)cc1C1=C(OC(=O)CC(C)C)CC(C)(C)CC1=O. The molecule has 0 heterocycles. The summed E-state index contributed by atoms with van der Waals surface area (Å²) in [5.41, 5.74) is 5.32. The molecule has 0 spiro atoms. The summed E-state index contributed by atoms with van der Waals surface area (Å²) >= 11 is 6.07. The largest absolute Gasteiger partial charge is 0.430 e. The number of ketones is 1. The molecule has 0 bridgehead atoms. The quantitative estimate of drug-likeness (QED) is 0.459. The number of carbonyl (C=O) groups is 2. The van der Waals surface area contributed by atoms with Gasteiger partial charge < -0.3 is 4.74 Å². The van der Waals surface area contributed by atoms with E-state index in [0.29, 0.717) is 35.6 Å². The molecular weight excluding hydrogens is 408 g/mol. The summed E-state index contributed by atoms with van der Waals surface area (Å²) in [5.74, 6) is 0.440. The molecule has 4 heteroatoms. The second kappa shape index (κ2) is 9.00. The van der Waals surface area contributed by atoms with Gasteiger partial charge in [-0.3, -0.25) is 9.59 Å². The van der Waals surface area contributed by atoms with Crippen LogP contribution in [-0.2, 0) is 14.3 Å². The molecule has 1 aliphatic rings. The number of allylic oxidation sites excluding steroid dienone is 2. The summed E-state index contributed by atoms with van der Waals surface area (Å²) in [4.78, 5) is 25.8. The maximum absolute atomic E-state index is 13.3. The molecule has 1 aliphatic carbocycles. The van der Waals surface area contributed by atoms with Crippen molar-refractivity contribution in [2.24, 2.45) is 11.3 Å². The van der Waals surface area contributed by atoms with E-state index in [-0.39, 0.29) is 23.1 Å². The molecule has 3 nitrogen and oxygen atoms in total. The summed E-state index contributed by atoms with van der Waals surface area (Å²) in [7, 11) is 0. The summed E-state index contributed by atoms with van der Waals surface area (Å²) in [5, 5.41) is 0.681. The third kappa shape index (κ3) is 5.46. The molecule has 3 rings (SSSR count). The minimum atomic E-state index is -0.282. The van der Waals surface area contributed by atoms with Gasteiger partial charge in [0.15, 0.2) is 5.78 Å². The Bertz CT molecular complexity index is 1040. The van der Waals surface area contributed by atoms with Crippen LogP contribution in [0.15, 0.2) is 42.2 Å². The molecule has 31 heavy (non-hydrogen) atoms. The van der Waals surface area contributed by atoms with Gasteiger partial charge in [0.25, 0.3) is 0 Å². The van der Waals surface area contributed by atoms with Crippen LogP contribution in [0.25, 0.3) is 16.7 Å². The van der Waals surface area contributed by atoms with E-state index < -0.39 is 0 Å². The number of ether oxygens (including phenoxy) is 1. The number of esters is 1. The van der Waals surface area contributed by atoms with Crippen LogP contribution in [-0.4, -0.2) is 11.8 Å². The molecule has 0 saturated carbocycles. The highest BCUT2D eigenvalue weighted by Crippen LogP contribution is 2.43. The molecular formula is C27H31ClO3. The predicted octanol–water partition coefficient (Wildman–Crippen LogP) is 7.31. The van der Waals surface area contributed by atoms with E-state index in [4.69, 9.17) is 16.3 Å². The van der Waals surface area contributed by atoms with Crippen LogP contribution in [0.1, 0.15) is 63.6 Å². The topological polar surface area (TPSA) is 43.4 Å². The average Bonchev–Trinajstić information content (AvgIpc) is 2.62. The fourth-order valence-corrected chi connectivity index (χ4v) is 4.35. The van der Waals surface area contributed by atoms with Gasteiger partial charge in [-0.1, -0.05) is 57.5 Å². The van der Waals surface area contributed by atoms with Crippen molar-refractivity contribution in [2.75, 3.05) is 0 Å². The van der Waals surface area contributed by atoms with Crippen LogP contribution in [0.2, 0.25) is 5.02 Å². The molecule has 164 valence electrons. The van der Waals surface area contributed by atoms with Gasteiger partial charge in [0.2, 0.25) is 0 Å². The van der Waals surface area contributed by atoms with Gasteiger partial charge in [-0.15, -0.1) is 0 Å². The highest BCUT2D eigenvalue weighted by molar-refractivity contribution is 6.30. The minimum Gasteiger partial charge on any atom is -0.430 e. The van der Waals surface area contributed by atoms with Crippen LogP contribution in [0, 0.1) is 25.2 Å². The van der Waals surface area contributed by atoms with Gasteiger partial charge >= 0.3 is 5.97 Å². The van der Waals surface area contributed by atoms with Crippen molar-refractivity contribution in [1.82, 2.24) is 0 Å². The van der Waals surface area contributed by atoms with Gasteiger partial charge in [0.1, 0.15) is 5.76 Å². The molecule has 0 saturated heterocycles. The zero-order valence-corrected chi connectivity index (χ0v) is 20.0. The number of aryl methyl sites for hydroxylation is 2. The lowest BCUT2D eigenvalue weighted by atomic mass is 9.74. The number of hydrogen-bond donors (Lipinski definition) is 0. The first-order valence-corrected chi connectivity index (χ1v) is 11.2. The number of carbonyl (C=O) groups excluding carboxylic acids is 2. The van der Waals surface area contributed by atoms with Crippen LogP contribution in [0.3, 0.4) is 0 Å². The van der Waals surface area contributed by atoms with Crippen molar-refractivity contribution in [2.45, 2.75) is 60.8 Å². The fourth-order valence-electron chi connectivity index (χ4n) is 4.23. The first-order chi connectivity index (χ1) is 14.5. The van der Waals surface area contributed by atoms with Gasteiger partial charge in [-0.25, -0.2) is 0 Å². The zero-order valence-electron chi connectivity index (χ0n) is 19.3. The molecule has 0 radical (unpaired) electrons. The van der Waals surface area contributed by atoms with Crippen molar-refractivity contribution in [3.05, 3.63) is 63.9 Å². The molecule has 0 atom stereocenters. The number of hydrogen-bond acceptors (Lipinski definition) is 3. The summed E-state index contributed by atoms with van der Waals surface area (Å²) in [6, 6.07) is 11.8. The number of rotatable bonds is 5. The Labute approximate surface area is 190 Å². The van der Waals surface area contributed by atoms with Gasteiger partial charge in [-0.05, 0) is 71.2 Å². The lowest BCUT2D eigenvalue weighted by Crippen LogP contribution is -2.27. The summed E-state index contributed by atoms with van der Waals surface area (Å²) in [6.07, 6.45) is 1.31. The van der Waals surface area contributed by atoms with E-state index in [1.54, 1.807) is 0 Å². The molecule has 0 unspecified atom stereocenters. The fraction of sp³-hybridized carbons (Fsp3) is 0.407. The van der Waals surface area contributed by atoms with E-state index in [1.165, 1.54) is 0 Å². The Balaban J connectivity index is 2.15. The van der Waals surface area contributed by atoms with Gasteiger partial charge in [-0.2, -0.15) is 0 Å². The molecule has 2 aromatic carbocycles. The van der Waals surface area contributed by atoms with Crippen LogP contribution < -0.4 is 0 Å². The normalized spacial score (nSPS) is 16.1. The second-order valence-corrected chi connectivity index (χ2v) is 10.2. The molecule has 2 aromatic rings. The Hall–Kier alpha value is -2.39. The number of benzene rings is 2. The maximum atomic E-state index is 13.3. The zero-order chi connectivity index (χ0) is 22.9. The molecule has 0 amide bonds.